The lowest BCUT2D eigenvalue weighted by Gasteiger charge is -2.24. The zero-order valence-electron chi connectivity index (χ0n) is 14.8. The van der Waals surface area contributed by atoms with E-state index < -0.39 is 0 Å². The Hall–Kier alpha value is -2.88. The molecule has 3 aromatic rings. The molecule has 0 radical (unpaired) electrons. The second-order valence-corrected chi connectivity index (χ2v) is 6.38. The molecular formula is C21H24N4. The van der Waals surface area contributed by atoms with Crippen LogP contribution in [0.3, 0.4) is 0 Å². The highest BCUT2D eigenvalue weighted by Gasteiger charge is 2.14. The Morgan fingerprint density at radius 1 is 0.880 bits per heavy atom. The number of aromatic nitrogens is 2. The predicted molar refractivity (Wildman–Crippen MR) is 105 cm³/mol. The fourth-order valence-corrected chi connectivity index (χ4v) is 2.61. The number of benzene rings is 2. The molecule has 1 N–H and O–H groups in total. The third-order valence-corrected chi connectivity index (χ3v) is 3.91. The van der Waals surface area contributed by atoms with Crippen molar-refractivity contribution in [3.63, 3.8) is 0 Å². The molecule has 25 heavy (non-hydrogen) atoms. The summed E-state index contributed by atoms with van der Waals surface area (Å²) >= 11 is 0. The quantitative estimate of drug-likeness (QED) is 0.628. The van der Waals surface area contributed by atoms with Crippen LogP contribution in [-0.2, 0) is 0 Å². The number of nitrogens with one attached hydrogen (secondary N) is 1. The van der Waals surface area contributed by atoms with Gasteiger partial charge in [0.05, 0.1) is 12.4 Å². The van der Waals surface area contributed by atoms with Crippen molar-refractivity contribution < 1.29 is 0 Å². The smallest absolute Gasteiger partial charge is 0.158 e. The summed E-state index contributed by atoms with van der Waals surface area (Å²) in [6.45, 7) is 5.33. The molecule has 0 unspecified atom stereocenters. The highest BCUT2D eigenvalue weighted by atomic mass is 15.2. The first-order chi connectivity index (χ1) is 12.2. The van der Waals surface area contributed by atoms with Gasteiger partial charge in [0.2, 0.25) is 0 Å². The van der Waals surface area contributed by atoms with E-state index >= 15 is 0 Å². The van der Waals surface area contributed by atoms with Crippen LogP contribution in [0, 0.1) is 5.92 Å². The molecule has 1 heterocycles. The fourth-order valence-electron chi connectivity index (χ4n) is 2.61. The molecule has 0 saturated carbocycles. The Kier molecular flexibility index (Phi) is 5.62. The molecule has 4 heteroatoms. The zero-order valence-corrected chi connectivity index (χ0v) is 14.8. The number of para-hydroxylation sites is 2. The van der Waals surface area contributed by atoms with Gasteiger partial charge in [-0.05, 0) is 36.6 Å². The SMILES string of the molecule is CC(C)CCNc1cncc(N(c2ccccc2)c2ccccc2)n1. The lowest BCUT2D eigenvalue weighted by atomic mass is 10.1. The van der Waals surface area contributed by atoms with Crippen LogP contribution >= 0.6 is 0 Å². The van der Waals surface area contributed by atoms with Crippen LogP contribution in [0.4, 0.5) is 23.0 Å². The van der Waals surface area contributed by atoms with Crippen molar-refractivity contribution in [3.8, 4) is 0 Å². The van der Waals surface area contributed by atoms with E-state index in [0.717, 1.165) is 36.0 Å². The molecule has 0 fully saturated rings. The average Bonchev–Trinajstić information content (AvgIpc) is 2.64. The number of anilines is 4. The van der Waals surface area contributed by atoms with Gasteiger partial charge >= 0.3 is 0 Å². The summed E-state index contributed by atoms with van der Waals surface area (Å²) in [5.74, 6) is 2.26. The Morgan fingerprint density at radius 3 is 2.04 bits per heavy atom. The first-order valence-corrected chi connectivity index (χ1v) is 8.70. The molecule has 0 aliphatic heterocycles. The minimum absolute atomic E-state index is 0.661. The molecule has 0 atom stereocenters. The molecule has 0 aliphatic rings. The summed E-state index contributed by atoms with van der Waals surface area (Å²) in [5, 5.41) is 3.37. The van der Waals surface area contributed by atoms with Crippen molar-refractivity contribution in [2.24, 2.45) is 5.92 Å². The zero-order chi connectivity index (χ0) is 17.5. The summed E-state index contributed by atoms with van der Waals surface area (Å²) in [7, 11) is 0. The molecule has 128 valence electrons. The van der Waals surface area contributed by atoms with Crippen molar-refractivity contribution >= 4 is 23.0 Å². The average molecular weight is 332 g/mol. The monoisotopic (exact) mass is 332 g/mol. The van der Waals surface area contributed by atoms with Gasteiger partial charge in [-0.25, -0.2) is 4.98 Å². The minimum Gasteiger partial charge on any atom is -0.369 e. The molecule has 3 rings (SSSR count). The molecule has 1 aromatic heterocycles. The summed E-state index contributed by atoms with van der Waals surface area (Å²) in [5.41, 5.74) is 2.12. The standard InChI is InChI=1S/C21H24N4/c1-17(2)13-14-23-20-15-22-16-21(24-20)25(18-9-5-3-6-10-18)19-11-7-4-8-12-19/h3-12,15-17H,13-14H2,1-2H3,(H,23,24). The summed E-state index contributed by atoms with van der Waals surface area (Å²) in [4.78, 5) is 11.3. The molecule has 0 aliphatic carbocycles. The van der Waals surface area contributed by atoms with Gasteiger partial charge in [-0.1, -0.05) is 50.2 Å². The van der Waals surface area contributed by atoms with E-state index in [1.165, 1.54) is 0 Å². The van der Waals surface area contributed by atoms with Gasteiger partial charge in [-0.15, -0.1) is 0 Å². The Labute approximate surface area is 149 Å². The molecule has 2 aromatic carbocycles. The normalized spacial score (nSPS) is 10.7. The van der Waals surface area contributed by atoms with Gasteiger partial charge in [-0.3, -0.25) is 9.88 Å². The number of nitrogens with zero attached hydrogens (tertiary/aromatic N) is 3. The van der Waals surface area contributed by atoms with Crippen LogP contribution in [0.15, 0.2) is 73.1 Å². The van der Waals surface area contributed by atoms with Crippen molar-refractivity contribution in [3.05, 3.63) is 73.1 Å². The largest absolute Gasteiger partial charge is 0.369 e. The van der Waals surface area contributed by atoms with E-state index in [2.05, 4.69) is 53.3 Å². The topological polar surface area (TPSA) is 41.1 Å². The summed E-state index contributed by atoms with van der Waals surface area (Å²) in [6, 6.07) is 20.5. The Balaban J connectivity index is 1.91. The van der Waals surface area contributed by atoms with Gasteiger partial charge in [0, 0.05) is 17.9 Å². The summed E-state index contributed by atoms with van der Waals surface area (Å²) in [6.07, 6.45) is 4.68. The molecular weight excluding hydrogens is 308 g/mol. The third kappa shape index (κ3) is 4.57. The number of hydrogen-bond donors (Lipinski definition) is 1. The number of rotatable bonds is 7. The minimum atomic E-state index is 0.661. The van der Waals surface area contributed by atoms with Crippen molar-refractivity contribution in [1.29, 1.82) is 0 Å². The van der Waals surface area contributed by atoms with E-state index in [4.69, 9.17) is 4.98 Å². The predicted octanol–water partition coefficient (Wildman–Crippen LogP) is 5.40. The van der Waals surface area contributed by atoms with E-state index in [0.29, 0.717) is 5.92 Å². The summed E-state index contributed by atoms with van der Waals surface area (Å²) < 4.78 is 0. The van der Waals surface area contributed by atoms with Crippen LogP contribution in [-0.4, -0.2) is 16.5 Å². The van der Waals surface area contributed by atoms with Crippen molar-refractivity contribution in [1.82, 2.24) is 9.97 Å². The van der Waals surface area contributed by atoms with Crippen LogP contribution in [0.5, 0.6) is 0 Å². The van der Waals surface area contributed by atoms with Crippen LogP contribution in [0.25, 0.3) is 0 Å². The van der Waals surface area contributed by atoms with Crippen LogP contribution in [0.2, 0.25) is 0 Å². The third-order valence-electron chi connectivity index (χ3n) is 3.91. The van der Waals surface area contributed by atoms with Crippen molar-refractivity contribution in [2.75, 3.05) is 16.8 Å². The first kappa shape index (κ1) is 17.0. The lowest BCUT2D eigenvalue weighted by Crippen LogP contribution is -2.13. The second kappa shape index (κ2) is 8.29. The Bertz CT molecular complexity index is 733. The number of hydrogen-bond acceptors (Lipinski definition) is 4. The maximum Gasteiger partial charge on any atom is 0.158 e. The second-order valence-electron chi connectivity index (χ2n) is 6.38. The van der Waals surface area contributed by atoms with Gasteiger partial charge < -0.3 is 5.32 Å². The van der Waals surface area contributed by atoms with Crippen molar-refractivity contribution in [2.45, 2.75) is 20.3 Å². The van der Waals surface area contributed by atoms with Gasteiger partial charge in [0.25, 0.3) is 0 Å². The fraction of sp³-hybridized carbons (Fsp3) is 0.238. The van der Waals surface area contributed by atoms with E-state index in [1.807, 2.05) is 36.4 Å². The Morgan fingerprint density at radius 2 is 1.48 bits per heavy atom. The van der Waals surface area contributed by atoms with Gasteiger partial charge in [-0.2, -0.15) is 0 Å². The van der Waals surface area contributed by atoms with Gasteiger partial charge in [0.15, 0.2) is 5.82 Å². The highest BCUT2D eigenvalue weighted by Crippen LogP contribution is 2.32. The molecule has 0 spiro atoms. The van der Waals surface area contributed by atoms with E-state index in [1.54, 1.807) is 12.4 Å². The van der Waals surface area contributed by atoms with Crippen LogP contribution < -0.4 is 10.2 Å². The maximum absolute atomic E-state index is 4.78. The van der Waals surface area contributed by atoms with E-state index in [-0.39, 0.29) is 0 Å². The molecule has 0 bridgehead atoms. The molecule has 4 nitrogen and oxygen atoms in total. The van der Waals surface area contributed by atoms with Gasteiger partial charge in [0.1, 0.15) is 5.82 Å². The highest BCUT2D eigenvalue weighted by molar-refractivity contribution is 5.74. The lowest BCUT2D eigenvalue weighted by molar-refractivity contribution is 0.606. The van der Waals surface area contributed by atoms with E-state index in [9.17, 15) is 0 Å². The maximum atomic E-state index is 4.78. The molecule has 0 amide bonds. The van der Waals surface area contributed by atoms with Crippen LogP contribution in [0.1, 0.15) is 20.3 Å². The molecule has 0 saturated heterocycles. The first-order valence-electron chi connectivity index (χ1n) is 8.70.